The van der Waals surface area contributed by atoms with Gasteiger partial charge in [0.25, 0.3) is 0 Å². The highest BCUT2D eigenvalue weighted by Gasteiger charge is 2.48. The van der Waals surface area contributed by atoms with Crippen molar-refractivity contribution in [1.82, 2.24) is 14.7 Å². The Balaban J connectivity index is 1.38. The average Bonchev–Trinajstić information content (AvgIpc) is 3.48. The van der Waals surface area contributed by atoms with Crippen LogP contribution in [-0.2, 0) is 18.0 Å². The molecular formula is C24H24F3N3O4. The van der Waals surface area contributed by atoms with Crippen molar-refractivity contribution in [3.05, 3.63) is 53.7 Å². The predicted molar refractivity (Wildman–Crippen MR) is 116 cm³/mol. The summed E-state index contributed by atoms with van der Waals surface area (Å²) in [4.78, 5) is 14.6. The van der Waals surface area contributed by atoms with Gasteiger partial charge in [-0.3, -0.25) is 9.48 Å². The van der Waals surface area contributed by atoms with Crippen LogP contribution in [0.15, 0.2) is 42.6 Å². The number of aliphatic hydroxyl groups excluding tert-OH is 2. The lowest BCUT2D eigenvalue weighted by atomic mass is 10.0. The Labute approximate surface area is 193 Å². The van der Waals surface area contributed by atoms with E-state index in [0.29, 0.717) is 25.1 Å². The lowest BCUT2D eigenvalue weighted by Crippen LogP contribution is -2.49. The number of alkyl halides is 3. The smallest absolute Gasteiger partial charge is 0.416 e. The van der Waals surface area contributed by atoms with Crippen molar-refractivity contribution in [2.24, 2.45) is 13.0 Å². The minimum atomic E-state index is -4.42. The molecular weight excluding hydrogens is 451 g/mol. The molecule has 2 fully saturated rings. The first-order valence-corrected chi connectivity index (χ1v) is 11.1. The molecule has 0 spiro atoms. The van der Waals surface area contributed by atoms with Gasteiger partial charge in [-0.05, 0) is 60.7 Å². The van der Waals surface area contributed by atoms with Crippen molar-refractivity contribution in [3.63, 3.8) is 0 Å². The van der Waals surface area contributed by atoms with Gasteiger partial charge in [-0.25, -0.2) is 0 Å². The summed E-state index contributed by atoms with van der Waals surface area (Å²) in [5.74, 6) is 0.324. The van der Waals surface area contributed by atoms with E-state index in [-0.39, 0.29) is 30.0 Å². The summed E-state index contributed by atoms with van der Waals surface area (Å²) in [6.45, 7) is 0.510. The number of ether oxygens (including phenoxy) is 1. The van der Waals surface area contributed by atoms with Crippen LogP contribution in [0.1, 0.15) is 29.9 Å². The predicted octanol–water partition coefficient (Wildman–Crippen LogP) is 3.44. The molecule has 10 heteroatoms. The van der Waals surface area contributed by atoms with Gasteiger partial charge in [-0.15, -0.1) is 0 Å². The molecule has 3 aromatic rings. The highest BCUT2D eigenvalue weighted by molar-refractivity contribution is 5.88. The van der Waals surface area contributed by atoms with Crippen LogP contribution in [0, 0.1) is 5.92 Å². The van der Waals surface area contributed by atoms with Gasteiger partial charge in [0.15, 0.2) is 0 Å². The highest BCUT2D eigenvalue weighted by Crippen LogP contribution is 2.51. The number of halogens is 3. The van der Waals surface area contributed by atoms with E-state index in [1.54, 1.807) is 28.8 Å². The number of piperidine rings is 1. The van der Waals surface area contributed by atoms with E-state index in [2.05, 4.69) is 5.10 Å². The van der Waals surface area contributed by atoms with E-state index in [9.17, 15) is 28.2 Å². The number of carbonyl (C=O) groups excluding carboxylic acids is 1. The van der Waals surface area contributed by atoms with E-state index in [1.165, 1.54) is 12.1 Å². The largest absolute Gasteiger partial charge is 0.457 e. The Morgan fingerprint density at radius 1 is 1.12 bits per heavy atom. The summed E-state index contributed by atoms with van der Waals surface area (Å²) < 4.78 is 46.0. The first kappa shape index (κ1) is 22.7. The molecule has 2 heterocycles. The zero-order valence-electron chi connectivity index (χ0n) is 18.4. The zero-order chi connectivity index (χ0) is 24.2. The van der Waals surface area contributed by atoms with Crippen molar-refractivity contribution < 1.29 is 32.9 Å². The third-order valence-electron chi connectivity index (χ3n) is 6.51. The number of carbonyl (C=O) groups is 1. The van der Waals surface area contributed by atoms with Gasteiger partial charge >= 0.3 is 6.18 Å². The number of aryl methyl sites for hydroxylation is 1. The van der Waals surface area contributed by atoms with Gasteiger partial charge in [0, 0.05) is 37.6 Å². The number of hydrogen-bond donors (Lipinski definition) is 2. The third kappa shape index (κ3) is 4.35. The first-order valence-electron chi connectivity index (χ1n) is 11.1. The molecule has 2 N–H and O–H groups in total. The molecule has 7 nitrogen and oxygen atoms in total. The van der Waals surface area contributed by atoms with Crippen molar-refractivity contribution in [2.45, 2.75) is 37.1 Å². The number of aliphatic hydroxyl groups is 2. The van der Waals surface area contributed by atoms with Crippen molar-refractivity contribution >= 4 is 16.8 Å². The van der Waals surface area contributed by atoms with Crippen LogP contribution >= 0.6 is 0 Å². The maximum Gasteiger partial charge on any atom is 0.416 e. The Kier molecular flexibility index (Phi) is 5.52. The molecule has 180 valence electrons. The van der Waals surface area contributed by atoms with E-state index in [1.807, 2.05) is 6.20 Å². The summed E-state index contributed by atoms with van der Waals surface area (Å²) in [5.41, 5.74) is 0.838. The summed E-state index contributed by atoms with van der Waals surface area (Å²) in [5, 5.41) is 25.0. The molecule has 1 saturated heterocycles. The van der Waals surface area contributed by atoms with Crippen LogP contribution in [0.5, 0.6) is 11.5 Å². The van der Waals surface area contributed by atoms with Gasteiger partial charge in [0.1, 0.15) is 11.5 Å². The van der Waals surface area contributed by atoms with E-state index < -0.39 is 23.9 Å². The van der Waals surface area contributed by atoms with Crippen LogP contribution in [-0.4, -0.2) is 56.1 Å². The number of amides is 1. The maximum atomic E-state index is 13.0. The van der Waals surface area contributed by atoms with Crippen LogP contribution in [0.2, 0.25) is 0 Å². The van der Waals surface area contributed by atoms with Crippen LogP contribution in [0.4, 0.5) is 13.2 Å². The lowest BCUT2D eigenvalue weighted by Gasteiger charge is -2.33. The third-order valence-corrected chi connectivity index (χ3v) is 6.51. The number of hydrogen-bond acceptors (Lipinski definition) is 5. The number of benzene rings is 2. The number of fused-ring (bicyclic) bond motifs is 1. The second-order valence-corrected chi connectivity index (χ2v) is 9.03. The van der Waals surface area contributed by atoms with Crippen molar-refractivity contribution in [2.75, 3.05) is 13.1 Å². The molecule has 2 aliphatic rings. The molecule has 4 atom stereocenters. The highest BCUT2D eigenvalue weighted by atomic mass is 19.4. The zero-order valence-corrected chi connectivity index (χ0v) is 18.4. The lowest BCUT2D eigenvalue weighted by molar-refractivity contribution is -0.139. The molecule has 0 bridgehead atoms. The SMILES string of the molecule is Cn1cc2cc(Oc3ccc(C(F)(F)F)cc3)cc([C@H]3C[C@@H]3C(=O)N3CC[C@H](O)[C@@H](O)C3)c2n1. The quantitative estimate of drug-likeness (QED) is 0.604. The number of likely N-dealkylation sites (tertiary alicyclic amines) is 1. The van der Waals surface area contributed by atoms with Gasteiger partial charge in [-0.1, -0.05) is 0 Å². The van der Waals surface area contributed by atoms with Crippen LogP contribution < -0.4 is 4.74 Å². The average molecular weight is 475 g/mol. The monoisotopic (exact) mass is 475 g/mol. The molecule has 0 unspecified atom stereocenters. The van der Waals surface area contributed by atoms with E-state index in [4.69, 9.17) is 4.74 Å². The van der Waals surface area contributed by atoms with Gasteiger partial charge < -0.3 is 19.8 Å². The molecule has 1 aliphatic heterocycles. The van der Waals surface area contributed by atoms with Crippen molar-refractivity contribution in [3.8, 4) is 11.5 Å². The fourth-order valence-electron chi connectivity index (χ4n) is 4.61. The fraction of sp³-hybridized carbons (Fsp3) is 0.417. The van der Waals surface area contributed by atoms with Gasteiger partial charge in [0.2, 0.25) is 5.91 Å². The van der Waals surface area contributed by atoms with Crippen LogP contribution in [0.25, 0.3) is 10.9 Å². The topological polar surface area (TPSA) is 87.8 Å². The minimum Gasteiger partial charge on any atom is -0.457 e. The maximum absolute atomic E-state index is 13.0. The number of nitrogens with zero attached hydrogens (tertiary/aromatic N) is 3. The van der Waals surface area contributed by atoms with E-state index in [0.717, 1.165) is 28.6 Å². The second kappa shape index (κ2) is 8.28. The summed E-state index contributed by atoms with van der Waals surface area (Å²) >= 11 is 0. The molecule has 1 aliphatic carbocycles. The van der Waals surface area contributed by atoms with Crippen LogP contribution in [0.3, 0.4) is 0 Å². The summed E-state index contributed by atoms with van der Waals surface area (Å²) in [6, 6.07) is 8.05. The summed E-state index contributed by atoms with van der Waals surface area (Å²) in [7, 11) is 1.79. The first-order chi connectivity index (χ1) is 16.1. The molecule has 1 saturated carbocycles. The fourth-order valence-corrected chi connectivity index (χ4v) is 4.61. The second-order valence-electron chi connectivity index (χ2n) is 9.03. The molecule has 34 heavy (non-hydrogen) atoms. The Bertz CT molecular complexity index is 1220. The Morgan fingerprint density at radius 2 is 1.85 bits per heavy atom. The molecule has 1 aromatic heterocycles. The van der Waals surface area contributed by atoms with Gasteiger partial charge in [0.05, 0.1) is 23.3 Å². The Hall–Kier alpha value is -3.11. The molecule has 2 aromatic carbocycles. The van der Waals surface area contributed by atoms with Gasteiger partial charge in [-0.2, -0.15) is 18.3 Å². The van der Waals surface area contributed by atoms with E-state index >= 15 is 0 Å². The molecule has 1 amide bonds. The number of β-amino-alcohol motifs (C(OH)–C–C–N with tert-alkyl or cyclic N) is 1. The molecule has 0 radical (unpaired) electrons. The standard InChI is InChI=1S/C24H24F3N3O4/c1-29-11-13-8-16(34-15-4-2-14(3-5-15)24(25,26)27)9-18(22(13)28-29)17-10-19(17)23(33)30-7-6-20(31)21(32)12-30/h2-5,8-9,11,17,19-21,31-32H,6-7,10,12H2,1H3/t17-,19+,20+,21+/m1/s1. The minimum absolute atomic E-state index is 0.0610. The van der Waals surface area contributed by atoms with Crippen molar-refractivity contribution in [1.29, 1.82) is 0 Å². The summed E-state index contributed by atoms with van der Waals surface area (Å²) in [6.07, 6.45) is -3.39. The molecule has 5 rings (SSSR count). The normalized spacial score (nSPS) is 24.9. The number of rotatable bonds is 4. The number of aromatic nitrogens is 2. The Morgan fingerprint density at radius 3 is 2.53 bits per heavy atom.